The van der Waals surface area contributed by atoms with Crippen LogP contribution in [0.4, 0.5) is 20.4 Å². The Kier molecular flexibility index (Phi) is 8.24. The van der Waals surface area contributed by atoms with Crippen LogP contribution in [0.2, 0.25) is 0 Å². The number of fused-ring (bicyclic) bond motifs is 2. The van der Waals surface area contributed by atoms with Crippen LogP contribution < -0.4 is 11.5 Å². The second-order valence-corrected chi connectivity index (χ2v) is 8.79. The number of nitrogens with zero attached hydrogens (tertiary/aromatic N) is 8. The first-order chi connectivity index (χ1) is 19.2. The molecule has 9 atom stereocenters. The van der Waals surface area contributed by atoms with Crippen molar-refractivity contribution in [3.8, 4) is 0 Å². The number of ether oxygens (including phenoxy) is 4. The molecule has 0 radical (unpaired) electrons. The van der Waals surface area contributed by atoms with E-state index in [-0.39, 0.29) is 22.8 Å². The van der Waals surface area contributed by atoms with Crippen LogP contribution in [-0.4, -0.2) is 100 Å². The Balaban J connectivity index is 1.27. The third kappa shape index (κ3) is 5.13. The van der Waals surface area contributed by atoms with Crippen LogP contribution in [0.5, 0.6) is 0 Å². The van der Waals surface area contributed by atoms with Crippen LogP contribution in [0.25, 0.3) is 22.3 Å². The van der Waals surface area contributed by atoms with E-state index in [0.717, 1.165) is 17.2 Å². The molecule has 4 aromatic rings. The van der Waals surface area contributed by atoms with Crippen molar-refractivity contribution < 1.29 is 42.5 Å². The number of nitrogen functional groups attached to an aromatic ring is 2. The van der Waals surface area contributed by atoms with E-state index in [1.807, 2.05) is 0 Å². The summed E-state index contributed by atoms with van der Waals surface area (Å²) in [5.74, 6) is 0.158. The van der Waals surface area contributed by atoms with Gasteiger partial charge >= 0.3 is 0 Å². The number of aliphatic hydroxyl groups is 2. The van der Waals surface area contributed by atoms with Gasteiger partial charge < -0.3 is 45.2 Å². The average Bonchev–Trinajstić information content (AvgIpc) is 3.66. The molecule has 0 aliphatic carbocycles. The summed E-state index contributed by atoms with van der Waals surface area (Å²) in [6.45, 7) is -2.70. The average molecular weight is 586 g/mol. The Morgan fingerprint density at radius 3 is 2.38 bits per heavy atom. The molecule has 20 heteroatoms. The molecule has 5 heterocycles. The minimum absolute atomic E-state index is 0.0282. The summed E-state index contributed by atoms with van der Waals surface area (Å²) in [4.78, 5) is 23.9. The lowest BCUT2D eigenvalue weighted by molar-refractivity contribution is -0.322. The zero-order chi connectivity index (χ0) is 28.6. The van der Waals surface area contributed by atoms with E-state index >= 15 is 4.39 Å². The minimum atomic E-state index is -2.28. The summed E-state index contributed by atoms with van der Waals surface area (Å²) in [5.41, 5.74) is 12.4. The lowest BCUT2D eigenvalue weighted by Gasteiger charge is -2.28. The first kappa shape index (κ1) is 28.2. The van der Waals surface area contributed by atoms with Gasteiger partial charge in [-0.05, 0) is 0 Å². The maximum absolute atomic E-state index is 15.3. The Morgan fingerprint density at radius 1 is 1.05 bits per heavy atom. The molecule has 40 heavy (non-hydrogen) atoms. The number of methoxy groups -OCH3 is 1. The third-order valence-corrected chi connectivity index (χ3v) is 6.49. The van der Waals surface area contributed by atoms with Crippen molar-refractivity contribution in [2.45, 2.75) is 49.8 Å². The zero-order valence-corrected chi connectivity index (χ0v) is 21.8. The van der Waals surface area contributed by atoms with Gasteiger partial charge in [-0.15, -0.1) is 0 Å². The SMILES string of the molecule is COC1C(F)C(COC(O)OC(C(F)OP)C(O)n2cnc3c(N)ncnc32)OC1n1cnc2c(N)ncnc21. The molecule has 5 rings (SSSR count). The molecule has 0 amide bonds. The summed E-state index contributed by atoms with van der Waals surface area (Å²) >= 11 is 0. The molecule has 1 fully saturated rings. The molecule has 0 bridgehead atoms. The van der Waals surface area contributed by atoms with E-state index in [1.165, 1.54) is 24.3 Å². The van der Waals surface area contributed by atoms with Crippen molar-refractivity contribution in [3.63, 3.8) is 0 Å². The van der Waals surface area contributed by atoms with E-state index in [0.29, 0.717) is 11.2 Å². The van der Waals surface area contributed by atoms with Gasteiger partial charge in [0.2, 0.25) is 6.36 Å². The number of alkyl halides is 2. The highest BCUT2D eigenvalue weighted by Crippen LogP contribution is 2.36. The van der Waals surface area contributed by atoms with Crippen LogP contribution in [0, 0.1) is 0 Å². The fourth-order valence-electron chi connectivity index (χ4n) is 4.28. The molecule has 0 spiro atoms. The van der Waals surface area contributed by atoms with Crippen LogP contribution in [-0.2, 0) is 23.5 Å². The van der Waals surface area contributed by atoms with E-state index < -0.39 is 56.4 Å². The number of anilines is 2. The molecular weight excluding hydrogens is 561 g/mol. The maximum atomic E-state index is 15.3. The predicted molar refractivity (Wildman–Crippen MR) is 133 cm³/mol. The topological polar surface area (TPSA) is 226 Å². The lowest BCUT2D eigenvalue weighted by atomic mass is 10.1. The van der Waals surface area contributed by atoms with Gasteiger partial charge in [0.15, 0.2) is 47.7 Å². The van der Waals surface area contributed by atoms with Crippen LogP contribution >= 0.6 is 9.47 Å². The van der Waals surface area contributed by atoms with Crippen LogP contribution in [0.15, 0.2) is 25.3 Å². The summed E-state index contributed by atoms with van der Waals surface area (Å²) in [5, 5.41) is 21.2. The van der Waals surface area contributed by atoms with Gasteiger partial charge in [0.1, 0.15) is 35.9 Å². The second-order valence-electron chi connectivity index (χ2n) is 8.52. The number of nitrogens with two attached hydrogens (primary N) is 2. The van der Waals surface area contributed by atoms with Gasteiger partial charge in [0.25, 0.3) is 6.48 Å². The van der Waals surface area contributed by atoms with Crippen molar-refractivity contribution in [3.05, 3.63) is 25.3 Å². The number of hydrogen-bond donors (Lipinski definition) is 4. The normalized spacial score (nSPS) is 24.4. The summed E-state index contributed by atoms with van der Waals surface area (Å²) in [6, 6.07) is 0. The van der Waals surface area contributed by atoms with E-state index in [4.69, 9.17) is 30.4 Å². The standard InChI is InChI=1S/C20H25F2N10O7P/c1-35-11-8(21)7(37-19(11)32-6-30-10-15(24)26-4-28-17(10)32)2-36-20(34)38-12(13(22)39-40)18(33)31-5-29-9-14(23)25-3-27-16(9)31/h3-8,11-13,18-20,33-34H,2,40H2,1H3,(H2,23,25,27)(H2,24,26,28). The molecule has 6 N–H and O–H groups in total. The lowest BCUT2D eigenvalue weighted by Crippen LogP contribution is -2.40. The Bertz CT molecular complexity index is 1470. The van der Waals surface area contributed by atoms with Gasteiger partial charge in [-0.3, -0.25) is 9.13 Å². The molecule has 9 unspecified atom stereocenters. The molecule has 4 aromatic heterocycles. The van der Waals surface area contributed by atoms with Gasteiger partial charge in [0.05, 0.1) is 19.3 Å². The number of halogens is 2. The molecule has 1 aliphatic rings. The number of aromatic nitrogens is 8. The Labute approximate surface area is 225 Å². The van der Waals surface area contributed by atoms with Gasteiger partial charge in [-0.25, -0.2) is 38.7 Å². The fraction of sp³-hybridized carbons (Fsp3) is 0.500. The number of aliphatic hydroxyl groups excluding tert-OH is 2. The van der Waals surface area contributed by atoms with Gasteiger partial charge in [-0.2, -0.15) is 0 Å². The van der Waals surface area contributed by atoms with Crippen molar-refractivity contribution in [1.29, 1.82) is 0 Å². The van der Waals surface area contributed by atoms with E-state index in [2.05, 4.69) is 34.4 Å². The van der Waals surface area contributed by atoms with Gasteiger partial charge in [0, 0.05) is 16.6 Å². The van der Waals surface area contributed by atoms with Gasteiger partial charge in [-0.1, -0.05) is 0 Å². The number of imidazole rings is 2. The smallest absolute Gasteiger partial charge is 0.269 e. The number of hydrogen-bond acceptors (Lipinski definition) is 15. The van der Waals surface area contributed by atoms with E-state index in [9.17, 15) is 14.6 Å². The predicted octanol–water partition coefficient (Wildman–Crippen LogP) is -0.648. The maximum Gasteiger partial charge on any atom is 0.269 e. The van der Waals surface area contributed by atoms with E-state index in [1.54, 1.807) is 9.47 Å². The minimum Gasteiger partial charge on any atom is -0.382 e. The molecular formula is C20H25F2N10O7P. The van der Waals surface area contributed by atoms with Crippen molar-refractivity contribution >= 4 is 43.4 Å². The van der Waals surface area contributed by atoms with Crippen molar-refractivity contribution in [2.75, 3.05) is 25.2 Å². The highest BCUT2D eigenvalue weighted by atomic mass is 31.0. The van der Waals surface area contributed by atoms with Crippen LogP contribution in [0.3, 0.4) is 0 Å². The molecule has 17 nitrogen and oxygen atoms in total. The van der Waals surface area contributed by atoms with Crippen LogP contribution in [0.1, 0.15) is 12.5 Å². The fourth-order valence-corrected chi connectivity index (χ4v) is 4.43. The largest absolute Gasteiger partial charge is 0.382 e. The quantitative estimate of drug-likeness (QED) is 0.127. The number of rotatable bonds is 11. The highest BCUT2D eigenvalue weighted by Gasteiger charge is 2.47. The molecule has 1 saturated heterocycles. The molecule has 0 aromatic carbocycles. The second kappa shape index (κ2) is 11.7. The Morgan fingerprint density at radius 2 is 1.70 bits per heavy atom. The summed E-state index contributed by atoms with van der Waals surface area (Å²) in [6.07, 6.45) is -6.26. The molecule has 0 saturated carbocycles. The first-order valence-electron chi connectivity index (χ1n) is 11.6. The summed E-state index contributed by atoms with van der Waals surface area (Å²) < 4.78 is 58.4. The zero-order valence-electron chi connectivity index (χ0n) is 20.6. The summed E-state index contributed by atoms with van der Waals surface area (Å²) in [7, 11) is 2.97. The van der Waals surface area contributed by atoms with Crippen molar-refractivity contribution in [1.82, 2.24) is 39.0 Å². The Hall–Kier alpha value is -3.29. The molecule has 1 aliphatic heterocycles. The monoisotopic (exact) mass is 586 g/mol. The highest BCUT2D eigenvalue weighted by molar-refractivity contribution is 7.09. The molecule has 216 valence electrons. The first-order valence-corrected chi connectivity index (χ1v) is 12.0. The third-order valence-electron chi connectivity index (χ3n) is 6.23. The van der Waals surface area contributed by atoms with Crippen molar-refractivity contribution in [2.24, 2.45) is 0 Å².